The first-order chi connectivity index (χ1) is 10.5. The van der Waals surface area contributed by atoms with E-state index in [0.717, 1.165) is 18.7 Å². The highest BCUT2D eigenvalue weighted by Gasteiger charge is 2.30. The molecule has 0 aliphatic carbocycles. The number of amides is 2. The molecule has 1 aromatic carbocycles. The fourth-order valence-corrected chi connectivity index (χ4v) is 2.76. The molecule has 1 aliphatic heterocycles. The molecular formula is C17H25N3O2. The molecule has 0 aromatic heterocycles. The van der Waals surface area contributed by atoms with E-state index < -0.39 is 0 Å². The molecule has 0 spiro atoms. The van der Waals surface area contributed by atoms with Gasteiger partial charge in [0.15, 0.2) is 0 Å². The predicted molar refractivity (Wildman–Crippen MR) is 87.7 cm³/mol. The standard InChI is InChI=1S/C17H25N3O2/c1-13-11-15(18-16(21)12-13)17(22)20(3)10-9-19(2)14-7-5-4-6-8-14/h4-8,13,15H,9-12H2,1-3H3,(H,18,21)/t13-,15-/m1/s1. The Morgan fingerprint density at radius 2 is 1.91 bits per heavy atom. The first-order valence-electron chi connectivity index (χ1n) is 7.78. The Balaban J connectivity index is 1.85. The summed E-state index contributed by atoms with van der Waals surface area (Å²) in [6.07, 6.45) is 1.24. The van der Waals surface area contributed by atoms with Crippen molar-refractivity contribution in [1.82, 2.24) is 10.2 Å². The Labute approximate surface area is 132 Å². The molecule has 22 heavy (non-hydrogen) atoms. The number of hydrogen-bond acceptors (Lipinski definition) is 3. The minimum Gasteiger partial charge on any atom is -0.373 e. The number of carbonyl (C=O) groups excluding carboxylic acids is 2. The number of nitrogens with zero attached hydrogens (tertiary/aromatic N) is 2. The summed E-state index contributed by atoms with van der Waals surface area (Å²) in [7, 11) is 3.81. The van der Waals surface area contributed by atoms with E-state index in [4.69, 9.17) is 0 Å². The van der Waals surface area contributed by atoms with Crippen LogP contribution in [0.3, 0.4) is 0 Å². The largest absolute Gasteiger partial charge is 0.373 e. The monoisotopic (exact) mass is 303 g/mol. The van der Waals surface area contributed by atoms with Crippen LogP contribution in [0.15, 0.2) is 30.3 Å². The highest BCUT2D eigenvalue weighted by atomic mass is 16.2. The van der Waals surface area contributed by atoms with Crippen LogP contribution in [0.2, 0.25) is 0 Å². The summed E-state index contributed by atoms with van der Waals surface area (Å²) in [5, 5.41) is 2.80. The Bertz CT molecular complexity index is 518. The van der Waals surface area contributed by atoms with Gasteiger partial charge in [-0.05, 0) is 24.5 Å². The third-order valence-electron chi connectivity index (χ3n) is 4.15. The summed E-state index contributed by atoms with van der Waals surface area (Å²) < 4.78 is 0. The zero-order valence-electron chi connectivity index (χ0n) is 13.6. The van der Waals surface area contributed by atoms with Crippen LogP contribution in [0.25, 0.3) is 0 Å². The number of para-hydroxylation sites is 1. The third-order valence-corrected chi connectivity index (χ3v) is 4.15. The predicted octanol–water partition coefficient (Wildman–Crippen LogP) is 1.50. The van der Waals surface area contributed by atoms with Crippen LogP contribution in [-0.4, -0.2) is 49.9 Å². The van der Waals surface area contributed by atoms with Crippen LogP contribution in [0.1, 0.15) is 19.8 Å². The molecule has 120 valence electrons. The van der Waals surface area contributed by atoms with Crippen LogP contribution in [0.4, 0.5) is 5.69 Å². The zero-order chi connectivity index (χ0) is 16.1. The molecule has 1 heterocycles. The number of rotatable bonds is 5. The highest BCUT2D eigenvalue weighted by Crippen LogP contribution is 2.17. The molecule has 1 N–H and O–H groups in total. The second-order valence-electron chi connectivity index (χ2n) is 6.18. The van der Waals surface area contributed by atoms with Crippen molar-refractivity contribution in [2.24, 2.45) is 5.92 Å². The van der Waals surface area contributed by atoms with Gasteiger partial charge in [0, 0.05) is 39.3 Å². The van der Waals surface area contributed by atoms with Crippen LogP contribution < -0.4 is 10.2 Å². The van der Waals surface area contributed by atoms with Gasteiger partial charge in [-0.1, -0.05) is 25.1 Å². The van der Waals surface area contributed by atoms with Gasteiger partial charge < -0.3 is 15.1 Å². The average molecular weight is 303 g/mol. The molecule has 0 radical (unpaired) electrons. The SMILES string of the molecule is C[C@H]1CC(=O)N[C@@H](C(=O)N(C)CCN(C)c2ccccc2)C1. The van der Waals surface area contributed by atoms with Crippen molar-refractivity contribution in [3.8, 4) is 0 Å². The molecular weight excluding hydrogens is 278 g/mol. The van der Waals surface area contributed by atoms with Gasteiger partial charge in [0.1, 0.15) is 6.04 Å². The van der Waals surface area contributed by atoms with Crippen molar-refractivity contribution >= 4 is 17.5 Å². The van der Waals surface area contributed by atoms with Gasteiger partial charge in [-0.25, -0.2) is 0 Å². The van der Waals surface area contributed by atoms with E-state index in [2.05, 4.69) is 10.2 Å². The van der Waals surface area contributed by atoms with E-state index >= 15 is 0 Å². The molecule has 1 fully saturated rings. The number of nitrogens with one attached hydrogen (secondary N) is 1. The number of benzene rings is 1. The summed E-state index contributed by atoms with van der Waals surface area (Å²) >= 11 is 0. The maximum atomic E-state index is 12.4. The van der Waals surface area contributed by atoms with Crippen molar-refractivity contribution in [2.75, 3.05) is 32.1 Å². The molecule has 1 saturated heterocycles. The molecule has 2 rings (SSSR count). The minimum absolute atomic E-state index is 0.00126. The smallest absolute Gasteiger partial charge is 0.244 e. The lowest BCUT2D eigenvalue weighted by molar-refractivity contribution is -0.137. The average Bonchev–Trinajstić information content (AvgIpc) is 2.51. The maximum absolute atomic E-state index is 12.4. The number of piperidine rings is 1. The fourth-order valence-electron chi connectivity index (χ4n) is 2.76. The molecule has 5 nitrogen and oxygen atoms in total. The molecule has 0 bridgehead atoms. The lowest BCUT2D eigenvalue weighted by Crippen LogP contribution is -2.52. The summed E-state index contributed by atoms with van der Waals surface area (Å²) in [5.74, 6) is 0.247. The Kier molecular flexibility index (Phi) is 5.41. The minimum atomic E-state index is -0.372. The molecule has 2 atom stereocenters. The normalized spacial score (nSPS) is 21.1. The summed E-state index contributed by atoms with van der Waals surface area (Å²) in [6.45, 7) is 3.40. The first kappa shape index (κ1) is 16.3. The van der Waals surface area contributed by atoms with Gasteiger partial charge in [0.25, 0.3) is 0 Å². The third kappa shape index (κ3) is 4.23. The van der Waals surface area contributed by atoms with Crippen LogP contribution in [-0.2, 0) is 9.59 Å². The maximum Gasteiger partial charge on any atom is 0.244 e. The van der Waals surface area contributed by atoms with Crippen molar-refractivity contribution in [3.63, 3.8) is 0 Å². The lowest BCUT2D eigenvalue weighted by Gasteiger charge is -2.31. The molecule has 1 aliphatic rings. The van der Waals surface area contributed by atoms with Crippen LogP contribution >= 0.6 is 0 Å². The Morgan fingerprint density at radius 1 is 1.23 bits per heavy atom. The van der Waals surface area contributed by atoms with Gasteiger partial charge in [0.05, 0.1) is 0 Å². The molecule has 5 heteroatoms. The van der Waals surface area contributed by atoms with Crippen molar-refractivity contribution in [2.45, 2.75) is 25.8 Å². The Hall–Kier alpha value is -2.04. The number of anilines is 1. The molecule has 0 saturated carbocycles. The van der Waals surface area contributed by atoms with Gasteiger partial charge >= 0.3 is 0 Å². The van der Waals surface area contributed by atoms with Crippen molar-refractivity contribution in [1.29, 1.82) is 0 Å². The van der Waals surface area contributed by atoms with E-state index in [1.54, 1.807) is 11.9 Å². The number of hydrogen-bond donors (Lipinski definition) is 1. The molecule has 2 amide bonds. The van der Waals surface area contributed by atoms with E-state index in [-0.39, 0.29) is 23.8 Å². The van der Waals surface area contributed by atoms with E-state index in [9.17, 15) is 9.59 Å². The summed E-state index contributed by atoms with van der Waals surface area (Å²) in [6, 6.07) is 9.71. The first-order valence-corrected chi connectivity index (χ1v) is 7.78. The summed E-state index contributed by atoms with van der Waals surface area (Å²) in [5.41, 5.74) is 1.13. The van der Waals surface area contributed by atoms with Crippen LogP contribution in [0.5, 0.6) is 0 Å². The van der Waals surface area contributed by atoms with E-state index in [1.807, 2.05) is 44.3 Å². The Morgan fingerprint density at radius 3 is 2.55 bits per heavy atom. The number of likely N-dealkylation sites (N-methyl/N-ethyl adjacent to an activating group) is 2. The second-order valence-corrected chi connectivity index (χ2v) is 6.18. The van der Waals surface area contributed by atoms with Gasteiger partial charge in [0.2, 0.25) is 11.8 Å². The van der Waals surface area contributed by atoms with Crippen molar-refractivity contribution < 1.29 is 9.59 Å². The topological polar surface area (TPSA) is 52.7 Å². The van der Waals surface area contributed by atoms with Crippen molar-refractivity contribution in [3.05, 3.63) is 30.3 Å². The second kappa shape index (κ2) is 7.29. The molecule has 1 aromatic rings. The molecule has 0 unspecified atom stereocenters. The van der Waals surface area contributed by atoms with Gasteiger partial charge in [-0.15, -0.1) is 0 Å². The van der Waals surface area contributed by atoms with Crippen LogP contribution in [0, 0.1) is 5.92 Å². The van der Waals surface area contributed by atoms with E-state index in [0.29, 0.717) is 13.0 Å². The summed E-state index contributed by atoms with van der Waals surface area (Å²) in [4.78, 5) is 27.8. The van der Waals surface area contributed by atoms with E-state index in [1.165, 1.54) is 0 Å². The fraction of sp³-hybridized carbons (Fsp3) is 0.529. The quantitative estimate of drug-likeness (QED) is 0.897. The van der Waals surface area contributed by atoms with Gasteiger partial charge in [-0.3, -0.25) is 9.59 Å². The zero-order valence-corrected chi connectivity index (χ0v) is 13.6. The lowest BCUT2D eigenvalue weighted by atomic mass is 9.93. The highest BCUT2D eigenvalue weighted by molar-refractivity contribution is 5.88. The number of carbonyl (C=O) groups is 2. The van der Waals surface area contributed by atoms with Gasteiger partial charge in [-0.2, -0.15) is 0 Å².